The molecule has 0 aromatic carbocycles. The second-order valence-corrected chi connectivity index (χ2v) is 4.75. The van der Waals surface area contributed by atoms with Gasteiger partial charge in [0, 0.05) is 12.3 Å². The van der Waals surface area contributed by atoms with Gasteiger partial charge in [0.1, 0.15) is 5.78 Å². The predicted molar refractivity (Wildman–Crippen MR) is 58.0 cm³/mol. The summed E-state index contributed by atoms with van der Waals surface area (Å²) in [5.74, 6) is 2.28. The van der Waals surface area contributed by atoms with Gasteiger partial charge in [-0.05, 0) is 31.1 Å². The van der Waals surface area contributed by atoms with E-state index in [1.807, 2.05) is 0 Å². The van der Waals surface area contributed by atoms with Crippen LogP contribution in [0.4, 0.5) is 0 Å². The summed E-state index contributed by atoms with van der Waals surface area (Å²) in [7, 11) is 0. The SMILES string of the molecule is CCC[C@@H]1C=CCC(=O)[C@H]2CCC[C@@H]21. The van der Waals surface area contributed by atoms with Gasteiger partial charge in [0.05, 0.1) is 0 Å². The fraction of sp³-hybridized carbons (Fsp3) is 0.769. The van der Waals surface area contributed by atoms with E-state index >= 15 is 0 Å². The Morgan fingerprint density at radius 1 is 1.43 bits per heavy atom. The topological polar surface area (TPSA) is 17.1 Å². The van der Waals surface area contributed by atoms with Crippen LogP contribution in [0, 0.1) is 17.8 Å². The van der Waals surface area contributed by atoms with Crippen molar-refractivity contribution in [1.29, 1.82) is 0 Å². The molecule has 3 atom stereocenters. The van der Waals surface area contributed by atoms with Crippen LogP contribution >= 0.6 is 0 Å². The molecule has 2 aliphatic rings. The van der Waals surface area contributed by atoms with Gasteiger partial charge < -0.3 is 0 Å². The van der Waals surface area contributed by atoms with Crippen molar-refractivity contribution >= 4 is 5.78 Å². The molecule has 1 saturated carbocycles. The number of rotatable bonds is 2. The van der Waals surface area contributed by atoms with E-state index in [0.717, 1.165) is 6.42 Å². The fourth-order valence-electron chi connectivity index (χ4n) is 3.20. The predicted octanol–water partition coefficient (Wildman–Crippen LogP) is 3.35. The first-order valence-electron chi connectivity index (χ1n) is 6.02. The zero-order valence-electron chi connectivity index (χ0n) is 9.04. The first-order valence-corrected chi connectivity index (χ1v) is 6.02. The van der Waals surface area contributed by atoms with Crippen LogP contribution in [0.2, 0.25) is 0 Å². The third kappa shape index (κ3) is 1.77. The Bertz CT molecular complexity index is 242. The lowest BCUT2D eigenvalue weighted by Gasteiger charge is -2.23. The van der Waals surface area contributed by atoms with Crippen molar-refractivity contribution in [1.82, 2.24) is 0 Å². The molecule has 2 rings (SSSR count). The van der Waals surface area contributed by atoms with Crippen LogP contribution in [-0.4, -0.2) is 5.78 Å². The summed E-state index contributed by atoms with van der Waals surface area (Å²) in [6, 6.07) is 0. The van der Waals surface area contributed by atoms with E-state index in [0.29, 0.717) is 30.0 Å². The number of hydrogen-bond donors (Lipinski definition) is 0. The molecule has 0 aromatic rings. The Balaban J connectivity index is 2.14. The normalized spacial score (nSPS) is 36.9. The van der Waals surface area contributed by atoms with Gasteiger partial charge in [-0.1, -0.05) is 31.9 Å². The van der Waals surface area contributed by atoms with Crippen molar-refractivity contribution in [3.8, 4) is 0 Å². The summed E-state index contributed by atoms with van der Waals surface area (Å²) in [6.07, 6.45) is 11.4. The van der Waals surface area contributed by atoms with Crippen LogP contribution in [0.5, 0.6) is 0 Å². The maximum Gasteiger partial charge on any atom is 0.140 e. The highest BCUT2D eigenvalue weighted by Crippen LogP contribution is 2.41. The quantitative estimate of drug-likeness (QED) is 0.613. The van der Waals surface area contributed by atoms with E-state index in [-0.39, 0.29) is 0 Å². The molecule has 78 valence electrons. The third-order valence-electron chi connectivity index (χ3n) is 3.86. The number of Topliss-reactive ketones (excluding diaryl/α,β-unsaturated/α-hetero) is 1. The minimum atomic E-state index is 0.404. The van der Waals surface area contributed by atoms with Crippen LogP contribution in [0.1, 0.15) is 45.4 Å². The maximum absolute atomic E-state index is 11.8. The lowest BCUT2D eigenvalue weighted by atomic mass is 9.81. The number of ketones is 1. The molecule has 0 aliphatic heterocycles. The molecule has 0 radical (unpaired) electrons. The van der Waals surface area contributed by atoms with Crippen LogP contribution in [0.25, 0.3) is 0 Å². The van der Waals surface area contributed by atoms with Crippen LogP contribution < -0.4 is 0 Å². The van der Waals surface area contributed by atoms with Crippen molar-refractivity contribution in [3.05, 3.63) is 12.2 Å². The number of hydrogen-bond acceptors (Lipinski definition) is 1. The van der Waals surface area contributed by atoms with Gasteiger partial charge in [0.2, 0.25) is 0 Å². The summed E-state index contributed by atoms with van der Waals surface area (Å²) in [5, 5.41) is 0. The van der Waals surface area contributed by atoms with Crippen molar-refractivity contribution < 1.29 is 4.79 Å². The second-order valence-electron chi connectivity index (χ2n) is 4.75. The average Bonchev–Trinajstić information content (AvgIpc) is 2.60. The molecule has 0 unspecified atom stereocenters. The Hall–Kier alpha value is -0.590. The zero-order valence-corrected chi connectivity index (χ0v) is 9.04. The maximum atomic E-state index is 11.8. The number of carbonyl (C=O) groups excluding carboxylic acids is 1. The van der Waals surface area contributed by atoms with E-state index in [1.54, 1.807) is 0 Å². The molecular weight excluding hydrogens is 172 g/mol. The average molecular weight is 192 g/mol. The third-order valence-corrected chi connectivity index (χ3v) is 3.86. The highest BCUT2D eigenvalue weighted by Gasteiger charge is 2.37. The van der Waals surface area contributed by atoms with E-state index in [4.69, 9.17) is 0 Å². The fourth-order valence-corrected chi connectivity index (χ4v) is 3.20. The number of carbonyl (C=O) groups is 1. The molecule has 0 saturated heterocycles. The van der Waals surface area contributed by atoms with Crippen LogP contribution in [0.15, 0.2) is 12.2 Å². The second kappa shape index (κ2) is 4.29. The van der Waals surface area contributed by atoms with Gasteiger partial charge in [0.15, 0.2) is 0 Å². The summed E-state index contributed by atoms with van der Waals surface area (Å²) in [6.45, 7) is 2.24. The summed E-state index contributed by atoms with van der Waals surface area (Å²) in [5.41, 5.74) is 0. The zero-order chi connectivity index (χ0) is 9.97. The van der Waals surface area contributed by atoms with Gasteiger partial charge in [-0.3, -0.25) is 4.79 Å². The lowest BCUT2D eigenvalue weighted by Crippen LogP contribution is -2.22. The highest BCUT2D eigenvalue weighted by atomic mass is 16.1. The van der Waals surface area contributed by atoms with E-state index in [2.05, 4.69) is 19.1 Å². The van der Waals surface area contributed by atoms with Crippen LogP contribution in [0.3, 0.4) is 0 Å². The Morgan fingerprint density at radius 3 is 3.07 bits per heavy atom. The van der Waals surface area contributed by atoms with Gasteiger partial charge >= 0.3 is 0 Å². The van der Waals surface area contributed by atoms with Gasteiger partial charge in [-0.15, -0.1) is 0 Å². The molecule has 1 nitrogen and oxygen atoms in total. The minimum absolute atomic E-state index is 0.404. The standard InChI is InChI=1S/C13H20O/c1-2-5-10-6-3-9-13(14)12-8-4-7-11(10)12/h3,6,10-12H,2,4-5,7-9H2,1H3/t10-,11-,12+/m1/s1. The van der Waals surface area contributed by atoms with E-state index < -0.39 is 0 Å². The van der Waals surface area contributed by atoms with Gasteiger partial charge in [0.25, 0.3) is 0 Å². The van der Waals surface area contributed by atoms with E-state index in [1.165, 1.54) is 25.7 Å². The Kier molecular flexibility index (Phi) is 3.05. The van der Waals surface area contributed by atoms with Crippen molar-refractivity contribution in [3.63, 3.8) is 0 Å². The monoisotopic (exact) mass is 192 g/mol. The van der Waals surface area contributed by atoms with E-state index in [9.17, 15) is 4.79 Å². The molecule has 1 heteroatoms. The molecule has 0 spiro atoms. The Morgan fingerprint density at radius 2 is 2.29 bits per heavy atom. The molecule has 0 bridgehead atoms. The highest BCUT2D eigenvalue weighted by molar-refractivity contribution is 5.83. The van der Waals surface area contributed by atoms with Crippen molar-refractivity contribution in [2.24, 2.45) is 17.8 Å². The van der Waals surface area contributed by atoms with Crippen LogP contribution in [-0.2, 0) is 4.79 Å². The first-order chi connectivity index (χ1) is 6.83. The van der Waals surface area contributed by atoms with Gasteiger partial charge in [-0.2, -0.15) is 0 Å². The molecule has 2 aliphatic carbocycles. The summed E-state index contributed by atoms with van der Waals surface area (Å²) < 4.78 is 0. The molecule has 0 N–H and O–H groups in total. The van der Waals surface area contributed by atoms with Crippen molar-refractivity contribution in [2.45, 2.75) is 45.4 Å². The molecular formula is C13H20O. The molecule has 0 heterocycles. The molecule has 0 aromatic heterocycles. The molecule has 0 amide bonds. The number of fused-ring (bicyclic) bond motifs is 1. The minimum Gasteiger partial charge on any atom is -0.299 e. The molecule has 1 fully saturated rings. The lowest BCUT2D eigenvalue weighted by molar-refractivity contribution is -0.123. The summed E-state index contributed by atoms with van der Waals surface area (Å²) in [4.78, 5) is 11.8. The first kappa shape index (κ1) is 9.95. The summed E-state index contributed by atoms with van der Waals surface area (Å²) >= 11 is 0. The van der Waals surface area contributed by atoms with Crippen molar-refractivity contribution in [2.75, 3.05) is 0 Å². The van der Waals surface area contributed by atoms with Gasteiger partial charge in [-0.25, -0.2) is 0 Å². The molecule has 14 heavy (non-hydrogen) atoms. The number of allylic oxidation sites excluding steroid dienone is 2. The smallest absolute Gasteiger partial charge is 0.140 e. The largest absolute Gasteiger partial charge is 0.299 e. The Labute approximate surface area is 86.6 Å².